The summed E-state index contributed by atoms with van der Waals surface area (Å²) in [6, 6.07) is 9.24. The Bertz CT molecular complexity index is 953. The summed E-state index contributed by atoms with van der Waals surface area (Å²) in [7, 11) is 0. The van der Waals surface area contributed by atoms with E-state index < -0.39 is 5.97 Å². The number of ether oxygens (including phenoxy) is 2. The third-order valence-electron chi connectivity index (χ3n) is 6.51. The highest BCUT2D eigenvalue weighted by atomic mass is 16.5. The Morgan fingerprint density at radius 1 is 1.18 bits per heavy atom. The molecule has 1 atom stereocenters. The number of esters is 1. The topological polar surface area (TPSA) is 89.0 Å². The van der Waals surface area contributed by atoms with Crippen LogP contribution in [0.5, 0.6) is 5.75 Å². The molecule has 3 rings (SSSR count). The zero-order valence-corrected chi connectivity index (χ0v) is 19.8. The number of likely N-dealkylation sites (tertiary alicyclic amines) is 1. The molecule has 0 spiro atoms. The third-order valence-corrected chi connectivity index (χ3v) is 6.51. The second kappa shape index (κ2) is 11.8. The molecule has 1 N–H and O–H groups in total. The summed E-state index contributed by atoms with van der Waals surface area (Å²) in [6.07, 6.45) is 4.59. The van der Waals surface area contributed by atoms with Gasteiger partial charge in [-0.05, 0) is 81.3 Å². The second-order valence-corrected chi connectivity index (χ2v) is 8.67. The monoisotopic (exact) mass is 454 g/mol. The van der Waals surface area contributed by atoms with Crippen molar-refractivity contribution in [1.82, 2.24) is 9.88 Å². The van der Waals surface area contributed by atoms with Gasteiger partial charge in [0.15, 0.2) is 5.69 Å². The van der Waals surface area contributed by atoms with Crippen molar-refractivity contribution in [3.63, 3.8) is 0 Å². The smallest absolute Gasteiger partial charge is 0.355 e. The number of carbonyl (C=O) groups is 2. The maximum absolute atomic E-state index is 11.7. The summed E-state index contributed by atoms with van der Waals surface area (Å²) in [5.74, 6) is 0.725. The van der Waals surface area contributed by atoms with Crippen molar-refractivity contribution >= 4 is 11.9 Å². The predicted molar refractivity (Wildman–Crippen MR) is 126 cm³/mol. The maximum atomic E-state index is 11.7. The van der Waals surface area contributed by atoms with Gasteiger partial charge in [0.2, 0.25) is 0 Å². The van der Waals surface area contributed by atoms with Crippen molar-refractivity contribution in [1.29, 1.82) is 0 Å². The lowest BCUT2D eigenvalue weighted by Crippen LogP contribution is -2.39. The zero-order chi connectivity index (χ0) is 23.8. The summed E-state index contributed by atoms with van der Waals surface area (Å²) in [5, 5.41) is 9.48. The van der Waals surface area contributed by atoms with Gasteiger partial charge in [0, 0.05) is 11.8 Å². The molecule has 1 aliphatic rings. The predicted octanol–water partition coefficient (Wildman–Crippen LogP) is 4.44. The number of carboxylic acid groups (broad SMARTS) is 1. The van der Waals surface area contributed by atoms with Gasteiger partial charge in [0.05, 0.1) is 19.8 Å². The van der Waals surface area contributed by atoms with E-state index >= 15 is 0 Å². The van der Waals surface area contributed by atoms with Crippen molar-refractivity contribution < 1.29 is 24.2 Å². The summed E-state index contributed by atoms with van der Waals surface area (Å²) in [4.78, 5) is 29.5. The average molecular weight is 455 g/mol. The number of aromatic carboxylic acids is 1. The van der Waals surface area contributed by atoms with E-state index in [0.29, 0.717) is 37.2 Å². The average Bonchev–Trinajstić information content (AvgIpc) is 2.80. The summed E-state index contributed by atoms with van der Waals surface area (Å²) >= 11 is 0. The molecule has 33 heavy (non-hydrogen) atoms. The van der Waals surface area contributed by atoms with Crippen molar-refractivity contribution in [2.24, 2.45) is 11.8 Å². The van der Waals surface area contributed by atoms with Crippen LogP contribution in [-0.2, 0) is 9.53 Å². The third kappa shape index (κ3) is 6.54. The Hall–Kier alpha value is -2.93. The van der Waals surface area contributed by atoms with Crippen LogP contribution in [-0.4, -0.2) is 59.8 Å². The molecule has 0 amide bonds. The molecular formula is C26H34N2O5. The summed E-state index contributed by atoms with van der Waals surface area (Å²) in [6.45, 7) is 9.32. The molecule has 178 valence electrons. The van der Waals surface area contributed by atoms with Gasteiger partial charge in [-0.15, -0.1) is 0 Å². The molecule has 1 fully saturated rings. The highest BCUT2D eigenvalue weighted by Gasteiger charge is 2.25. The second-order valence-electron chi connectivity index (χ2n) is 8.67. The van der Waals surface area contributed by atoms with Gasteiger partial charge in [-0.1, -0.05) is 25.1 Å². The Balaban J connectivity index is 1.53. The van der Waals surface area contributed by atoms with Crippen LogP contribution in [0.4, 0.5) is 0 Å². The van der Waals surface area contributed by atoms with E-state index in [1.165, 1.54) is 6.20 Å². The highest BCUT2D eigenvalue weighted by molar-refractivity contribution is 5.94. The number of carboxylic acids is 1. The van der Waals surface area contributed by atoms with Gasteiger partial charge in [-0.2, -0.15) is 0 Å². The van der Waals surface area contributed by atoms with Crippen LogP contribution >= 0.6 is 0 Å². The van der Waals surface area contributed by atoms with E-state index in [0.717, 1.165) is 49.2 Å². The van der Waals surface area contributed by atoms with Crippen molar-refractivity contribution in [3.8, 4) is 16.9 Å². The quantitative estimate of drug-likeness (QED) is 0.531. The minimum atomic E-state index is -1.04. The Morgan fingerprint density at radius 3 is 2.61 bits per heavy atom. The molecule has 1 aromatic heterocycles. The molecule has 7 heteroatoms. The number of pyridine rings is 1. The van der Waals surface area contributed by atoms with Gasteiger partial charge >= 0.3 is 11.9 Å². The molecule has 1 aromatic carbocycles. The minimum Gasteiger partial charge on any atom is -0.493 e. The SMILES string of the molecule is CCOC(=O)CN1CCC([C@@H](C)CCOc2cccc(-c3cccnc3C(=O)O)c2C)CC1. The molecule has 1 saturated heterocycles. The van der Waals surface area contributed by atoms with E-state index in [2.05, 4.69) is 16.8 Å². The van der Waals surface area contributed by atoms with Crippen LogP contribution in [0.25, 0.3) is 11.1 Å². The minimum absolute atomic E-state index is 0.0423. The number of rotatable bonds is 10. The van der Waals surface area contributed by atoms with E-state index in [1.54, 1.807) is 12.1 Å². The molecule has 0 unspecified atom stereocenters. The molecule has 2 aromatic rings. The number of hydrogen-bond acceptors (Lipinski definition) is 6. The Labute approximate surface area is 195 Å². The molecule has 0 saturated carbocycles. The molecule has 0 bridgehead atoms. The largest absolute Gasteiger partial charge is 0.493 e. The lowest BCUT2D eigenvalue weighted by Gasteiger charge is -2.34. The number of piperidine rings is 1. The molecule has 7 nitrogen and oxygen atoms in total. The van der Waals surface area contributed by atoms with Gasteiger partial charge in [-0.25, -0.2) is 9.78 Å². The number of benzene rings is 1. The van der Waals surface area contributed by atoms with Gasteiger partial charge in [-0.3, -0.25) is 9.69 Å². The number of aromatic nitrogens is 1. The van der Waals surface area contributed by atoms with Crippen molar-refractivity contribution in [2.75, 3.05) is 32.8 Å². The Kier molecular flexibility index (Phi) is 8.83. The van der Waals surface area contributed by atoms with Crippen molar-refractivity contribution in [3.05, 3.63) is 47.8 Å². The fourth-order valence-corrected chi connectivity index (χ4v) is 4.52. The first-order valence-electron chi connectivity index (χ1n) is 11.7. The molecule has 2 heterocycles. The number of hydrogen-bond donors (Lipinski definition) is 1. The van der Waals surface area contributed by atoms with Crippen LogP contribution in [0, 0.1) is 18.8 Å². The van der Waals surface area contributed by atoms with Crippen LogP contribution in [0.2, 0.25) is 0 Å². The van der Waals surface area contributed by atoms with Crippen molar-refractivity contribution in [2.45, 2.75) is 40.0 Å². The van der Waals surface area contributed by atoms with Crippen LogP contribution in [0.1, 0.15) is 49.2 Å². The van der Waals surface area contributed by atoms with Gasteiger partial charge < -0.3 is 14.6 Å². The fraction of sp³-hybridized carbons (Fsp3) is 0.500. The zero-order valence-electron chi connectivity index (χ0n) is 19.8. The van der Waals surface area contributed by atoms with E-state index in [4.69, 9.17) is 9.47 Å². The fourth-order valence-electron chi connectivity index (χ4n) is 4.52. The van der Waals surface area contributed by atoms with Gasteiger partial charge in [0.1, 0.15) is 5.75 Å². The first kappa shape index (κ1) is 24.7. The van der Waals surface area contributed by atoms with E-state index in [1.807, 2.05) is 32.0 Å². The standard InChI is InChI=1S/C26H34N2O5/c1-4-32-24(29)17-28-14-10-20(11-15-28)18(2)12-16-33-23-9-5-7-21(19(23)3)22-8-6-13-27-25(22)26(30)31/h5-9,13,18,20H,4,10-12,14-17H2,1-3H3,(H,30,31)/t18-/m0/s1. The van der Waals surface area contributed by atoms with Gasteiger partial charge in [0.25, 0.3) is 0 Å². The molecule has 0 aliphatic carbocycles. The summed E-state index contributed by atoms with van der Waals surface area (Å²) < 4.78 is 11.2. The Morgan fingerprint density at radius 2 is 1.91 bits per heavy atom. The van der Waals surface area contributed by atoms with E-state index in [-0.39, 0.29) is 11.7 Å². The molecule has 0 radical (unpaired) electrons. The first-order valence-corrected chi connectivity index (χ1v) is 11.7. The number of carbonyl (C=O) groups excluding carboxylic acids is 1. The number of nitrogens with zero attached hydrogens (tertiary/aromatic N) is 2. The molecular weight excluding hydrogens is 420 g/mol. The maximum Gasteiger partial charge on any atom is 0.355 e. The first-order chi connectivity index (χ1) is 15.9. The van der Waals surface area contributed by atoms with Crippen LogP contribution in [0.3, 0.4) is 0 Å². The van der Waals surface area contributed by atoms with Crippen LogP contribution in [0.15, 0.2) is 36.5 Å². The summed E-state index contributed by atoms with van der Waals surface area (Å²) in [5.41, 5.74) is 2.37. The molecule has 1 aliphatic heterocycles. The highest BCUT2D eigenvalue weighted by Crippen LogP contribution is 2.32. The lowest BCUT2D eigenvalue weighted by molar-refractivity contribution is -0.144. The van der Waals surface area contributed by atoms with Crippen LogP contribution < -0.4 is 4.74 Å². The van der Waals surface area contributed by atoms with E-state index in [9.17, 15) is 14.7 Å². The normalized spacial score (nSPS) is 15.7. The lowest BCUT2D eigenvalue weighted by atomic mass is 9.84.